The summed E-state index contributed by atoms with van der Waals surface area (Å²) in [6, 6.07) is 8.01. The van der Waals surface area contributed by atoms with Crippen LogP contribution in [0, 0.1) is 12.8 Å². The molecule has 1 fully saturated rings. The third kappa shape index (κ3) is 5.71. The zero-order valence-corrected chi connectivity index (χ0v) is 21.9. The Hall–Kier alpha value is -3.38. The number of pyridine rings is 2. The van der Waals surface area contributed by atoms with Crippen LogP contribution in [0.4, 0.5) is 0 Å². The second-order valence-corrected chi connectivity index (χ2v) is 9.80. The molecule has 1 aromatic carbocycles. The van der Waals surface area contributed by atoms with E-state index in [9.17, 15) is 4.79 Å². The fourth-order valence-corrected chi connectivity index (χ4v) is 4.98. The van der Waals surface area contributed by atoms with Gasteiger partial charge in [-0.25, -0.2) is 4.98 Å². The molecule has 6 nitrogen and oxygen atoms in total. The van der Waals surface area contributed by atoms with Crippen LogP contribution in [0.1, 0.15) is 48.1 Å². The summed E-state index contributed by atoms with van der Waals surface area (Å²) in [5.41, 5.74) is 5.43. The van der Waals surface area contributed by atoms with Crippen LogP contribution in [0.3, 0.4) is 0 Å². The van der Waals surface area contributed by atoms with Gasteiger partial charge in [0, 0.05) is 66.9 Å². The molecule has 2 aromatic heterocycles. The van der Waals surface area contributed by atoms with Crippen molar-refractivity contribution >= 4 is 34.1 Å². The molecule has 0 unspecified atom stereocenters. The number of aryl methyl sites for hydroxylation is 1. The van der Waals surface area contributed by atoms with Crippen molar-refractivity contribution in [2.24, 2.45) is 5.92 Å². The van der Waals surface area contributed by atoms with Gasteiger partial charge < -0.3 is 15.0 Å². The fourth-order valence-electron chi connectivity index (χ4n) is 4.75. The molecule has 0 spiro atoms. The molecule has 1 saturated carbocycles. The van der Waals surface area contributed by atoms with Crippen LogP contribution in [0.15, 0.2) is 55.4 Å². The monoisotopic (exact) mass is 504 g/mol. The molecule has 188 valence electrons. The van der Waals surface area contributed by atoms with Gasteiger partial charge in [-0.3, -0.25) is 9.78 Å². The molecule has 0 radical (unpaired) electrons. The molecule has 2 heterocycles. The highest BCUT2D eigenvalue weighted by Crippen LogP contribution is 2.33. The number of fused-ring (bicyclic) bond motifs is 1. The summed E-state index contributed by atoms with van der Waals surface area (Å²) in [6.45, 7) is 6.46. The standard InChI is InChI=1S/C29H33ClN4O2/c1-5-9-26(34(3)4)23-14-19(2)33-28-22(23)12-8-13-27(28)36-18-24-21(15-31-17-25(24)30)16-32-29(35)20-10-6-7-11-20/h5,8-9,12-15,17,20H,1,6-7,10-11,16,18H2,2-4H3,(H,32,35)/b26-9-. The van der Waals surface area contributed by atoms with Gasteiger partial charge >= 0.3 is 0 Å². The molecule has 7 heteroatoms. The van der Waals surface area contributed by atoms with Crippen molar-refractivity contribution in [3.63, 3.8) is 0 Å². The number of halogens is 1. The van der Waals surface area contributed by atoms with Crippen LogP contribution in [0.25, 0.3) is 16.6 Å². The normalized spacial score (nSPS) is 14.2. The second kappa shape index (κ2) is 11.6. The lowest BCUT2D eigenvalue weighted by Gasteiger charge is -2.20. The van der Waals surface area contributed by atoms with Gasteiger partial charge in [-0.15, -0.1) is 0 Å². The molecule has 1 aliphatic rings. The first kappa shape index (κ1) is 25.7. The van der Waals surface area contributed by atoms with E-state index in [4.69, 9.17) is 21.3 Å². The van der Waals surface area contributed by atoms with E-state index >= 15 is 0 Å². The van der Waals surface area contributed by atoms with Crippen molar-refractivity contribution in [1.29, 1.82) is 0 Å². The highest BCUT2D eigenvalue weighted by atomic mass is 35.5. The SMILES string of the molecule is C=C/C=C(/c1cc(C)nc2c(OCc3c(Cl)cncc3CNC(=O)C3CCCC3)cccc12)N(C)C. The molecular formula is C29H33ClN4O2. The summed E-state index contributed by atoms with van der Waals surface area (Å²) in [6.07, 6.45) is 11.3. The van der Waals surface area contributed by atoms with Gasteiger partial charge in [0.15, 0.2) is 0 Å². The van der Waals surface area contributed by atoms with Gasteiger partial charge in [-0.1, -0.05) is 49.2 Å². The first-order valence-electron chi connectivity index (χ1n) is 12.3. The molecular weight excluding hydrogens is 472 g/mol. The Bertz CT molecular complexity index is 1300. The van der Waals surface area contributed by atoms with Gasteiger partial charge in [-0.2, -0.15) is 0 Å². The minimum atomic E-state index is 0.102. The number of carbonyl (C=O) groups is 1. The summed E-state index contributed by atoms with van der Waals surface area (Å²) in [4.78, 5) is 23.6. The number of aromatic nitrogens is 2. The Kier molecular flexibility index (Phi) is 8.26. The van der Waals surface area contributed by atoms with E-state index in [1.165, 1.54) is 0 Å². The molecule has 3 aromatic rings. The third-order valence-corrected chi connectivity index (χ3v) is 6.93. The Morgan fingerprint density at radius 2 is 2.06 bits per heavy atom. The van der Waals surface area contributed by atoms with Crippen molar-refractivity contribution in [2.45, 2.75) is 45.8 Å². The zero-order valence-electron chi connectivity index (χ0n) is 21.2. The van der Waals surface area contributed by atoms with Gasteiger partial charge in [0.1, 0.15) is 17.9 Å². The van der Waals surface area contributed by atoms with Crippen LogP contribution in [0.2, 0.25) is 5.02 Å². The Morgan fingerprint density at radius 3 is 2.78 bits per heavy atom. The minimum absolute atomic E-state index is 0.102. The summed E-state index contributed by atoms with van der Waals surface area (Å²) in [5.74, 6) is 0.881. The van der Waals surface area contributed by atoms with Crippen molar-refractivity contribution in [1.82, 2.24) is 20.2 Å². The Morgan fingerprint density at radius 1 is 1.28 bits per heavy atom. The highest BCUT2D eigenvalue weighted by molar-refractivity contribution is 6.31. The predicted octanol–water partition coefficient (Wildman–Crippen LogP) is 6.07. The van der Waals surface area contributed by atoms with Crippen LogP contribution in [-0.4, -0.2) is 34.9 Å². The van der Waals surface area contributed by atoms with Crippen molar-refractivity contribution in [2.75, 3.05) is 14.1 Å². The molecule has 0 bridgehead atoms. The molecule has 4 rings (SSSR count). The fraction of sp³-hybridized carbons (Fsp3) is 0.345. The van der Waals surface area contributed by atoms with E-state index in [1.54, 1.807) is 18.5 Å². The zero-order chi connectivity index (χ0) is 25.7. The summed E-state index contributed by atoms with van der Waals surface area (Å²) in [5, 5.41) is 4.56. The quantitative estimate of drug-likeness (QED) is 0.358. The number of nitrogens with one attached hydrogen (secondary N) is 1. The van der Waals surface area contributed by atoms with Crippen molar-refractivity contribution in [3.8, 4) is 5.75 Å². The number of amides is 1. The van der Waals surface area contributed by atoms with E-state index < -0.39 is 0 Å². The number of para-hydroxylation sites is 1. The molecule has 1 aliphatic carbocycles. The third-order valence-electron chi connectivity index (χ3n) is 6.61. The average molecular weight is 505 g/mol. The first-order valence-corrected chi connectivity index (χ1v) is 12.7. The lowest BCUT2D eigenvalue weighted by atomic mass is 10.0. The summed E-state index contributed by atoms with van der Waals surface area (Å²) < 4.78 is 6.30. The van der Waals surface area contributed by atoms with E-state index in [0.29, 0.717) is 17.3 Å². The Balaban J connectivity index is 1.60. The van der Waals surface area contributed by atoms with Crippen LogP contribution in [-0.2, 0) is 17.9 Å². The minimum Gasteiger partial charge on any atom is -0.487 e. The number of rotatable bonds is 9. The van der Waals surface area contributed by atoms with E-state index in [-0.39, 0.29) is 18.4 Å². The second-order valence-electron chi connectivity index (χ2n) is 9.39. The largest absolute Gasteiger partial charge is 0.487 e. The molecule has 1 amide bonds. The smallest absolute Gasteiger partial charge is 0.223 e. The molecule has 1 N–H and O–H groups in total. The maximum Gasteiger partial charge on any atom is 0.223 e. The van der Waals surface area contributed by atoms with Gasteiger partial charge in [0.2, 0.25) is 5.91 Å². The number of hydrogen-bond donors (Lipinski definition) is 1. The van der Waals surface area contributed by atoms with E-state index in [1.807, 2.05) is 45.3 Å². The summed E-state index contributed by atoms with van der Waals surface area (Å²) >= 11 is 6.52. The van der Waals surface area contributed by atoms with Crippen LogP contribution >= 0.6 is 11.6 Å². The first-order chi connectivity index (χ1) is 17.4. The highest BCUT2D eigenvalue weighted by Gasteiger charge is 2.23. The molecule has 0 saturated heterocycles. The number of hydrogen-bond acceptors (Lipinski definition) is 5. The summed E-state index contributed by atoms with van der Waals surface area (Å²) in [7, 11) is 4.02. The lowest BCUT2D eigenvalue weighted by molar-refractivity contribution is -0.124. The molecule has 0 atom stereocenters. The molecule has 0 aliphatic heterocycles. The van der Waals surface area contributed by atoms with Crippen molar-refractivity contribution < 1.29 is 9.53 Å². The number of benzene rings is 1. The lowest BCUT2D eigenvalue weighted by Crippen LogP contribution is -2.29. The molecule has 36 heavy (non-hydrogen) atoms. The van der Waals surface area contributed by atoms with E-state index in [2.05, 4.69) is 27.8 Å². The number of carbonyl (C=O) groups excluding carboxylic acids is 1. The van der Waals surface area contributed by atoms with Crippen LogP contribution in [0.5, 0.6) is 5.75 Å². The number of allylic oxidation sites excluding steroid dienone is 2. The number of nitrogens with zero attached hydrogens (tertiary/aromatic N) is 3. The Labute approximate surface area is 218 Å². The predicted molar refractivity (Wildman–Crippen MR) is 146 cm³/mol. The topological polar surface area (TPSA) is 67.4 Å². The van der Waals surface area contributed by atoms with Gasteiger partial charge in [0.05, 0.1) is 5.02 Å². The maximum absolute atomic E-state index is 12.5. The van der Waals surface area contributed by atoms with Gasteiger partial charge in [0.25, 0.3) is 0 Å². The number of ether oxygens (including phenoxy) is 1. The van der Waals surface area contributed by atoms with E-state index in [0.717, 1.165) is 64.7 Å². The van der Waals surface area contributed by atoms with Gasteiger partial charge in [-0.05, 0) is 43.5 Å². The average Bonchev–Trinajstić information content (AvgIpc) is 3.40. The maximum atomic E-state index is 12.5. The van der Waals surface area contributed by atoms with Crippen LogP contribution < -0.4 is 10.1 Å². The van der Waals surface area contributed by atoms with Crippen molar-refractivity contribution in [3.05, 3.63) is 82.8 Å².